The Morgan fingerprint density at radius 3 is 2.57 bits per heavy atom. The lowest BCUT2D eigenvalue weighted by molar-refractivity contribution is -0.218. The fourth-order valence-electron chi connectivity index (χ4n) is 10.5. The van der Waals surface area contributed by atoms with Crippen LogP contribution in [0.25, 0.3) is 0 Å². The van der Waals surface area contributed by atoms with Crippen molar-refractivity contribution < 1.29 is 28.7 Å². The van der Waals surface area contributed by atoms with E-state index in [9.17, 15) is 19.2 Å². The van der Waals surface area contributed by atoms with E-state index >= 15 is 0 Å². The summed E-state index contributed by atoms with van der Waals surface area (Å²) in [6.45, 7) is 12.4. The van der Waals surface area contributed by atoms with Crippen LogP contribution in [0.3, 0.4) is 0 Å². The van der Waals surface area contributed by atoms with Crippen LogP contribution in [0.1, 0.15) is 59.8 Å². The monoisotopic (exact) mass is 483 g/mol. The van der Waals surface area contributed by atoms with Crippen molar-refractivity contribution in [3.8, 4) is 0 Å². The first-order valence-corrected chi connectivity index (χ1v) is 13.3. The first kappa shape index (κ1) is 23.4. The molecule has 7 aliphatic rings. The summed E-state index contributed by atoms with van der Waals surface area (Å²) in [7, 11) is 2.08. The van der Waals surface area contributed by atoms with Crippen LogP contribution in [-0.4, -0.2) is 60.2 Å². The number of Topliss-reactive ketones (excluding diaryl/α,β-unsaturated/α-hetero) is 2. The predicted octanol–water partition coefficient (Wildman–Crippen LogP) is 2.96. The smallest absolute Gasteiger partial charge is 0.308 e. The lowest BCUT2D eigenvalue weighted by Gasteiger charge is -2.67. The van der Waals surface area contributed by atoms with E-state index in [-0.39, 0.29) is 71.1 Å². The Hall–Kier alpha value is -2.02. The molecule has 7 fully saturated rings. The zero-order chi connectivity index (χ0) is 25.2. The molecule has 0 aromatic heterocycles. The molecule has 0 aromatic carbocycles. The molecule has 6 aliphatic carbocycles. The highest BCUT2D eigenvalue weighted by molar-refractivity contribution is 5.96. The van der Waals surface area contributed by atoms with Crippen LogP contribution in [0.2, 0.25) is 0 Å². The molecule has 0 aromatic rings. The van der Waals surface area contributed by atoms with Crippen LogP contribution in [0.15, 0.2) is 12.2 Å². The van der Waals surface area contributed by atoms with Crippen molar-refractivity contribution in [1.82, 2.24) is 4.90 Å². The molecule has 190 valence electrons. The van der Waals surface area contributed by atoms with Gasteiger partial charge in [0.1, 0.15) is 23.8 Å². The maximum Gasteiger partial charge on any atom is 0.308 e. The van der Waals surface area contributed by atoms with Crippen molar-refractivity contribution in [3.05, 3.63) is 12.2 Å². The zero-order valence-electron chi connectivity index (χ0n) is 21.5. The number of esters is 2. The van der Waals surface area contributed by atoms with Crippen LogP contribution in [-0.2, 0) is 28.7 Å². The number of carbonyl (C=O) groups is 4. The summed E-state index contributed by atoms with van der Waals surface area (Å²) in [6, 6.07) is -0.120. The summed E-state index contributed by atoms with van der Waals surface area (Å²) < 4.78 is 12.1. The van der Waals surface area contributed by atoms with Crippen LogP contribution in [0.5, 0.6) is 0 Å². The predicted molar refractivity (Wildman–Crippen MR) is 126 cm³/mol. The molecule has 7 nitrogen and oxygen atoms in total. The van der Waals surface area contributed by atoms with E-state index in [0.29, 0.717) is 31.4 Å². The van der Waals surface area contributed by atoms with Crippen molar-refractivity contribution in [2.24, 2.45) is 45.8 Å². The molecule has 11 atom stereocenters. The third kappa shape index (κ3) is 2.56. The SMILES string of the molecule is C=C1[C@H]2C[C@@H]3[C@]4(CC(=O)[C@@H]5[C@@]6(C)C[C@@H](OC(=O)[C@@H](C)CC)C[C@@]35[C@@H]([C@H]4C2=O)N(C)C6)[C@@H]1OC(C)=O. The second-order valence-electron chi connectivity index (χ2n) is 12.9. The number of ketones is 2. The molecule has 1 aliphatic heterocycles. The molecule has 7 rings (SSSR count). The van der Waals surface area contributed by atoms with Gasteiger partial charge in [-0.3, -0.25) is 19.2 Å². The molecule has 1 heterocycles. The molecule has 1 saturated heterocycles. The van der Waals surface area contributed by atoms with Gasteiger partial charge in [-0.1, -0.05) is 27.4 Å². The van der Waals surface area contributed by atoms with Gasteiger partial charge in [-0.25, -0.2) is 0 Å². The molecule has 6 bridgehead atoms. The van der Waals surface area contributed by atoms with Gasteiger partial charge in [0.15, 0.2) is 0 Å². The molecule has 2 spiro atoms. The van der Waals surface area contributed by atoms with Gasteiger partial charge in [-0.2, -0.15) is 0 Å². The van der Waals surface area contributed by atoms with Gasteiger partial charge >= 0.3 is 11.9 Å². The lowest BCUT2D eigenvalue weighted by atomic mass is 9.38. The summed E-state index contributed by atoms with van der Waals surface area (Å²) in [5.41, 5.74) is -0.880. The highest BCUT2D eigenvalue weighted by Crippen LogP contribution is 2.81. The largest absolute Gasteiger partial charge is 0.462 e. The van der Waals surface area contributed by atoms with E-state index in [1.807, 2.05) is 13.8 Å². The molecular weight excluding hydrogens is 446 g/mol. The molecular formula is C28H37NO6. The van der Waals surface area contributed by atoms with E-state index < -0.39 is 22.9 Å². The fourth-order valence-corrected chi connectivity index (χ4v) is 10.5. The third-order valence-corrected chi connectivity index (χ3v) is 11.1. The van der Waals surface area contributed by atoms with Crippen LogP contribution < -0.4 is 0 Å². The molecule has 7 heteroatoms. The van der Waals surface area contributed by atoms with Crippen molar-refractivity contribution in [2.75, 3.05) is 13.6 Å². The molecule has 0 unspecified atom stereocenters. The Morgan fingerprint density at radius 2 is 1.91 bits per heavy atom. The minimum Gasteiger partial charge on any atom is -0.462 e. The second kappa shape index (κ2) is 7.05. The highest BCUT2D eigenvalue weighted by atomic mass is 16.5. The molecule has 0 amide bonds. The number of fused-ring (bicyclic) bond motifs is 1. The standard InChI is InChI=1S/C28H37NO6/c1-7-13(2)25(33)35-16-9-26(5)12-29(6)23-20-21(32)17-8-19-27(20,24(14(17)3)34-15(4)30)11-18(31)22(26)28(19,23)10-16/h13,16-17,19-20,22-24H,3,7-12H2,1-2,4-6H3/t13-,16+,17+,19+,20+,22+,23+,24+,26-,27-,28+/m0/s1. The normalized spacial score (nSPS) is 50.2. The summed E-state index contributed by atoms with van der Waals surface area (Å²) in [4.78, 5) is 55.5. The fraction of sp³-hybridized carbons (Fsp3) is 0.786. The van der Waals surface area contributed by atoms with Crippen molar-refractivity contribution in [2.45, 2.75) is 78.0 Å². The summed E-state index contributed by atoms with van der Waals surface area (Å²) in [5.74, 6) is -1.22. The van der Waals surface area contributed by atoms with Crippen molar-refractivity contribution in [1.29, 1.82) is 0 Å². The quantitative estimate of drug-likeness (QED) is 0.449. The molecule has 0 N–H and O–H groups in total. The van der Waals surface area contributed by atoms with Gasteiger partial charge in [-0.05, 0) is 49.6 Å². The lowest BCUT2D eigenvalue weighted by Crippen LogP contribution is -2.71. The van der Waals surface area contributed by atoms with Crippen LogP contribution in [0, 0.1) is 45.8 Å². The van der Waals surface area contributed by atoms with Crippen LogP contribution in [0.4, 0.5) is 0 Å². The summed E-state index contributed by atoms with van der Waals surface area (Å²) in [6.07, 6.45) is 2.00. The number of rotatable bonds is 4. The van der Waals surface area contributed by atoms with Gasteiger partial charge in [-0.15, -0.1) is 0 Å². The van der Waals surface area contributed by atoms with Gasteiger partial charge in [0.25, 0.3) is 0 Å². The van der Waals surface area contributed by atoms with Crippen molar-refractivity contribution >= 4 is 23.5 Å². The Morgan fingerprint density at radius 1 is 1.20 bits per heavy atom. The molecule has 0 radical (unpaired) electrons. The van der Waals surface area contributed by atoms with Crippen molar-refractivity contribution in [3.63, 3.8) is 0 Å². The Balaban J connectivity index is 1.52. The first-order valence-electron chi connectivity index (χ1n) is 13.3. The minimum absolute atomic E-state index is 0.0532. The average molecular weight is 484 g/mol. The van der Waals surface area contributed by atoms with E-state index in [1.165, 1.54) is 6.92 Å². The Labute approximate surface area is 207 Å². The Kier molecular flexibility index (Phi) is 4.71. The number of ether oxygens (including phenoxy) is 2. The molecule has 6 saturated carbocycles. The topological polar surface area (TPSA) is 90.0 Å². The van der Waals surface area contributed by atoms with E-state index in [0.717, 1.165) is 6.42 Å². The van der Waals surface area contributed by atoms with E-state index in [2.05, 4.69) is 25.5 Å². The maximum atomic E-state index is 14.1. The summed E-state index contributed by atoms with van der Waals surface area (Å²) in [5, 5.41) is 0. The first-order chi connectivity index (χ1) is 16.4. The number of hydrogen-bond acceptors (Lipinski definition) is 7. The minimum atomic E-state index is -0.741. The van der Waals surface area contributed by atoms with Gasteiger partial charge in [0.2, 0.25) is 0 Å². The average Bonchev–Trinajstić information content (AvgIpc) is 2.86. The van der Waals surface area contributed by atoms with Gasteiger partial charge < -0.3 is 14.4 Å². The zero-order valence-corrected chi connectivity index (χ0v) is 21.5. The highest BCUT2D eigenvalue weighted by Gasteiger charge is 2.86. The van der Waals surface area contributed by atoms with Gasteiger partial charge in [0, 0.05) is 54.5 Å². The maximum absolute atomic E-state index is 14.1. The van der Waals surface area contributed by atoms with Gasteiger partial charge in [0.05, 0.1) is 5.92 Å². The summed E-state index contributed by atoms with van der Waals surface area (Å²) >= 11 is 0. The van der Waals surface area contributed by atoms with E-state index in [4.69, 9.17) is 9.47 Å². The number of piperidine rings is 1. The number of likely N-dealkylation sites (tertiary alicyclic amines) is 1. The number of carbonyl (C=O) groups excluding carboxylic acids is 4. The van der Waals surface area contributed by atoms with E-state index in [1.54, 1.807) is 0 Å². The number of nitrogens with zero attached hydrogens (tertiary/aromatic N) is 1. The third-order valence-electron chi connectivity index (χ3n) is 11.1. The number of hydrogen-bond donors (Lipinski definition) is 0. The second-order valence-corrected chi connectivity index (χ2v) is 12.9. The Bertz CT molecular complexity index is 1070. The van der Waals surface area contributed by atoms with Crippen LogP contribution >= 0.6 is 0 Å². The molecule has 35 heavy (non-hydrogen) atoms.